The maximum Gasteiger partial charge on any atom is 0.202 e. The second-order valence-electron chi connectivity index (χ2n) is 4.64. The van der Waals surface area contributed by atoms with Gasteiger partial charge < -0.3 is 5.73 Å². The number of aromatic nitrogens is 4. The Bertz CT molecular complexity index is 542. The summed E-state index contributed by atoms with van der Waals surface area (Å²) in [4.78, 5) is 4.50. The molecule has 0 spiro atoms. The zero-order valence-corrected chi connectivity index (χ0v) is 12.3. The Hall–Kier alpha value is -1.17. The van der Waals surface area contributed by atoms with Crippen LogP contribution in [0.25, 0.3) is 11.2 Å². The number of rotatable bonds is 5. The fourth-order valence-electron chi connectivity index (χ4n) is 2.38. The fraction of sp³-hybridized carbons (Fsp3) is 0.667. The molecule has 0 aliphatic carbocycles. The van der Waals surface area contributed by atoms with Gasteiger partial charge in [0.05, 0.1) is 5.69 Å². The lowest BCUT2D eigenvalue weighted by atomic mass is 10.2. The Kier molecular flexibility index (Phi) is 3.85. The number of hydrogen-bond donors (Lipinski definition) is 1. The first kappa shape index (κ1) is 13.3. The molecule has 5 nitrogen and oxygen atoms in total. The third-order valence-electron chi connectivity index (χ3n) is 3.10. The number of aryl methyl sites for hydroxylation is 2. The fourth-order valence-corrected chi connectivity index (χ4v) is 3.01. The summed E-state index contributed by atoms with van der Waals surface area (Å²) < 4.78 is 4.00. The van der Waals surface area contributed by atoms with Gasteiger partial charge in [0.25, 0.3) is 0 Å². The van der Waals surface area contributed by atoms with E-state index in [1.54, 1.807) is 0 Å². The molecule has 0 saturated carbocycles. The van der Waals surface area contributed by atoms with E-state index >= 15 is 0 Å². The van der Waals surface area contributed by atoms with Crippen molar-refractivity contribution in [1.82, 2.24) is 19.3 Å². The molecule has 18 heavy (non-hydrogen) atoms. The van der Waals surface area contributed by atoms with Gasteiger partial charge >= 0.3 is 0 Å². The number of nitrogen functional groups attached to an aromatic ring is 1. The van der Waals surface area contributed by atoms with Crippen molar-refractivity contribution in [2.75, 3.05) is 17.7 Å². The molecule has 0 amide bonds. The first-order valence-electron chi connectivity index (χ1n) is 6.28. The van der Waals surface area contributed by atoms with Gasteiger partial charge in [-0.1, -0.05) is 13.3 Å². The van der Waals surface area contributed by atoms with Crippen molar-refractivity contribution in [3.05, 3.63) is 5.69 Å². The van der Waals surface area contributed by atoms with Crippen molar-refractivity contribution in [2.45, 2.75) is 32.7 Å². The number of nitrogens with zero attached hydrogens (tertiary/aromatic N) is 4. The Morgan fingerprint density at radius 2 is 2.17 bits per heavy atom. The van der Waals surface area contributed by atoms with E-state index in [2.05, 4.69) is 34.8 Å². The summed E-state index contributed by atoms with van der Waals surface area (Å²) >= 11 is 1.81. The molecule has 0 aliphatic heterocycles. The van der Waals surface area contributed by atoms with E-state index < -0.39 is 0 Å². The Morgan fingerprint density at radius 1 is 1.44 bits per heavy atom. The highest BCUT2D eigenvalue weighted by atomic mass is 32.2. The van der Waals surface area contributed by atoms with Gasteiger partial charge in [0.2, 0.25) is 5.95 Å². The van der Waals surface area contributed by atoms with Crippen molar-refractivity contribution in [1.29, 1.82) is 0 Å². The summed E-state index contributed by atoms with van der Waals surface area (Å²) in [6, 6.07) is 0.329. The lowest BCUT2D eigenvalue weighted by molar-refractivity contribution is 0.610. The topological polar surface area (TPSA) is 61.7 Å². The second-order valence-corrected chi connectivity index (χ2v) is 5.55. The molecule has 100 valence electrons. The zero-order chi connectivity index (χ0) is 13.3. The molecule has 0 saturated heterocycles. The average molecular weight is 267 g/mol. The van der Waals surface area contributed by atoms with E-state index in [1.807, 2.05) is 23.5 Å². The minimum absolute atomic E-state index is 0.329. The van der Waals surface area contributed by atoms with Crippen LogP contribution in [0, 0.1) is 0 Å². The molecule has 2 aromatic rings. The van der Waals surface area contributed by atoms with Crippen LogP contribution in [-0.4, -0.2) is 31.3 Å². The Morgan fingerprint density at radius 3 is 2.78 bits per heavy atom. The van der Waals surface area contributed by atoms with Gasteiger partial charge in [0, 0.05) is 18.8 Å². The van der Waals surface area contributed by atoms with Crippen molar-refractivity contribution in [2.24, 2.45) is 7.05 Å². The first-order valence-corrected chi connectivity index (χ1v) is 7.67. The molecule has 1 atom stereocenters. The van der Waals surface area contributed by atoms with Gasteiger partial charge in [-0.15, -0.1) is 0 Å². The average Bonchev–Trinajstić information content (AvgIpc) is 2.78. The third-order valence-corrected chi connectivity index (χ3v) is 3.91. The van der Waals surface area contributed by atoms with E-state index in [9.17, 15) is 0 Å². The number of thioether (sulfide) groups is 1. The number of fused-ring (bicyclic) bond motifs is 1. The molecule has 1 unspecified atom stereocenters. The highest BCUT2D eigenvalue weighted by Crippen LogP contribution is 2.26. The lowest BCUT2D eigenvalue weighted by Crippen LogP contribution is -2.13. The maximum atomic E-state index is 6.06. The summed E-state index contributed by atoms with van der Waals surface area (Å²) in [6.07, 6.45) is 4.12. The molecule has 2 N–H and O–H groups in total. The van der Waals surface area contributed by atoms with Crippen molar-refractivity contribution in [3.63, 3.8) is 0 Å². The zero-order valence-electron chi connectivity index (χ0n) is 11.5. The van der Waals surface area contributed by atoms with Crippen LogP contribution in [0.1, 0.15) is 32.0 Å². The lowest BCUT2D eigenvalue weighted by Gasteiger charge is -2.14. The highest BCUT2D eigenvalue weighted by Gasteiger charge is 2.20. The van der Waals surface area contributed by atoms with Crippen LogP contribution in [0.4, 0.5) is 5.95 Å². The van der Waals surface area contributed by atoms with Crippen LogP contribution >= 0.6 is 11.8 Å². The third kappa shape index (κ3) is 2.09. The van der Waals surface area contributed by atoms with Crippen LogP contribution in [0.15, 0.2) is 0 Å². The summed E-state index contributed by atoms with van der Waals surface area (Å²) in [7, 11) is 1.96. The molecule has 0 bridgehead atoms. The molecule has 0 aromatic carbocycles. The molecule has 0 aliphatic rings. The van der Waals surface area contributed by atoms with E-state index in [4.69, 9.17) is 5.73 Å². The summed E-state index contributed by atoms with van der Waals surface area (Å²) in [6.45, 7) is 4.32. The maximum absolute atomic E-state index is 6.06. The SMILES string of the molecule is CCCc1nn(C)c2c1nc(N)n2C(C)CSC. The summed E-state index contributed by atoms with van der Waals surface area (Å²) in [5.74, 6) is 1.61. The monoisotopic (exact) mass is 267 g/mol. The van der Waals surface area contributed by atoms with E-state index in [0.29, 0.717) is 12.0 Å². The van der Waals surface area contributed by atoms with Crippen LogP contribution in [0.3, 0.4) is 0 Å². The number of anilines is 1. The molecule has 6 heteroatoms. The van der Waals surface area contributed by atoms with Gasteiger partial charge in [-0.3, -0.25) is 9.25 Å². The molecule has 2 heterocycles. The van der Waals surface area contributed by atoms with Crippen molar-refractivity contribution < 1.29 is 0 Å². The predicted molar refractivity (Wildman–Crippen MR) is 78.0 cm³/mol. The van der Waals surface area contributed by atoms with Crippen LogP contribution < -0.4 is 5.73 Å². The molecular formula is C12H21N5S. The second kappa shape index (κ2) is 5.22. The highest BCUT2D eigenvalue weighted by molar-refractivity contribution is 7.98. The number of hydrogen-bond acceptors (Lipinski definition) is 4. The van der Waals surface area contributed by atoms with Crippen LogP contribution in [-0.2, 0) is 13.5 Å². The largest absolute Gasteiger partial charge is 0.369 e. The van der Waals surface area contributed by atoms with Crippen molar-refractivity contribution >= 4 is 28.9 Å². The summed E-state index contributed by atoms with van der Waals surface area (Å²) in [5.41, 5.74) is 9.12. The van der Waals surface area contributed by atoms with Crippen LogP contribution in [0.2, 0.25) is 0 Å². The Labute approximate surface area is 112 Å². The van der Waals surface area contributed by atoms with E-state index in [0.717, 1.165) is 35.5 Å². The molecule has 0 fully saturated rings. The Balaban J connectivity index is 2.56. The molecule has 2 rings (SSSR count). The van der Waals surface area contributed by atoms with Gasteiger partial charge in [-0.05, 0) is 19.6 Å². The normalized spacial score (nSPS) is 13.3. The summed E-state index contributed by atoms with van der Waals surface area (Å²) in [5, 5.41) is 4.55. The molecular weight excluding hydrogens is 246 g/mol. The van der Waals surface area contributed by atoms with Gasteiger partial charge in [-0.25, -0.2) is 4.98 Å². The molecule has 0 radical (unpaired) electrons. The standard InChI is InChI=1S/C12H21N5S/c1-5-6-9-10-11(16(3)15-9)17(12(13)14-10)8(2)7-18-4/h8H,5-7H2,1-4H3,(H2,13,14). The quantitative estimate of drug-likeness (QED) is 0.902. The van der Waals surface area contributed by atoms with Gasteiger partial charge in [0.1, 0.15) is 5.52 Å². The minimum Gasteiger partial charge on any atom is -0.369 e. The number of imidazole rings is 1. The predicted octanol–water partition coefficient (Wildman–Crippen LogP) is 2.23. The van der Waals surface area contributed by atoms with E-state index in [1.165, 1.54) is 0 Å². The van der Waals surface area contributed by atoms with Gasteiger partial charge in [-0.2, -0.15) is 16.9 Å². The smallest absolute Gasteiger partial charge is 0.202 e. The minimum atomic E-state index is 0.329. The van der Waals surface area contributed by atoms with Gasteiger partial charge in [0.15, 0.2) is 5.65 Å². The van der Waals surface area contributed by atoms with E-state index in [-0.39, 0.29) is 0 Å². The van der Waals surface area contributed by atoms with Crippen LogP contribution in [0.5, 0.6) is 0 Å². The van der Waals surface area contributed by atoms with Crippen molar-refractivity contribution in [3.8, 4) is 0 Å². The molecule has 2 aromatic heterocycles. The number of nitrogens with two attached hydrogens (primary N) is 1. The first-order chi connectivity index (χ1) is 8.60.